The van der Waals surface area contributed by atoms with Crippen molar-refractivity contribution in [2.45, 2.75) is 0 Å². The van der Waals surface area contributed by atoms with Gasteiger partial charge in [-0.2, -0.15) is 0 Å². The average molecular weight is 367 g/mol. The first-order valence-electron chi connectivity index (χ1n) is 8.81. The largest absolute Gasteiger partial charge is 0.244 e. The fraction of sp³-hybridized carbons (Fsp3) is 0. The average Bonchev–Trinajstić information content (AvgIpc) is 2.73. The van der Waals surface area contributed by atoms with E-state index in [9.17, 15) is 0 Å². The maximum atomic E-state index is 6.43. The standard InChI is InChI=1S/C24H15ClN2/c25-20-13-7-10-17-18(20)11-6-12-19(17)24-23(16-8-2-1-3-9-16)26-21-14-4-5-15-22(21)27-24/h1-15H. The van der Waals surface area contributed by atoms with E-state index in [1.807, 2.05) is 66.7 Å². The number of para-hydroxylation sites is 2. The topological polar surface area (TPSA) is 25.8 Å². The molecule has 5 aromatic rings. The van der Waals surface area contributed by atoms with E-state index < -0.39 is 0 Å². The summed E-state index contributed by atoms with van der Waals surface area (Å²) >= 11 is 6.43. The third kappa shape index (κ3) is 2.75. The highest BCUT2D eigenvalue weighted by molar-refractivity contribution is 6.36. The summed E-state index contributed by atoms with van der Waals surface area (Å²) in [5.41, 5.74) is 5.59. The predicted molar refractivity (Wildman–Crippen MR) is 113 cm³/mol. The molecule has 1 aromatic heterocycles. The van der Waals surface area contributed by atoms with E-state index in [0.717, 1.165) is 49.3 Å². The number of hydrogen-bond donors (Lipinski definition) is 0. The highest BCUT2D eigenvalue weighted by atomic mass is 35.5. The summed E-state index contributed by atoms with van der Waals surface area (Å²) in [4.78, 5) is 9.95. The summed E-state index contributed by atoms with van der Waals surface area (Å²) in [5, 5.41) is 2.83. The van der Waals surface area contributed by atoms with Crippen molar-refractivity contribution in [3.63, 3.8) is 0 Å². The van der Waals surface area contributed by atoms with Gasteiger partial charge in [0.2, 0.25) is 0 Å². The molecule has 1 heterocycles. The van der Waals surface area contributed by atoms with Crippen LogP contribution in [0.2, 0.25) is 5.02 Å². The zero-order chi connectivity index (χ0) is 18.2. The summed E-state index contributed by atoms with van der Waals surface area (Å²) in [6.45, 7) is 0. The molecule has 0 radical (unpaired) electrons. The number of rotatable bonds is 2. The molecule has 128 valence electrons. The fourth-order valence-corrected chi connectivity index (χ4v) is 3.70. The van der Waals surface area contributed by atoms with Gasteiger partial charge >= 0.3 is 0 Å². The van der Waals surface area contributed by atoms with Crippen molar-refractivity contribution >= 4 is 33.4 Å². The molecule has 3 heteroatoms. The van der Waals surface area contributed by atoms with E-state index in [1.165, 1.54) is 0 Å². The van der Waals surface area contributed by atoms with Gasteiger partial charge in [-0.15, -0.1) is 0 Å². The molecule has 0 aliphatic heterocycles. The van der Waals surface area contributed by atoms with Crippen molar-refractivity contribution < 1.29 is 0 Å². The molecular formula is C24H15ClN2. The van der Waals surface area contributed by atoms with E-state index in [0.29, 0.717) is 0 Å². The molecule has 0 fully saturated rings. The molecule has 0 atom stereocenters. The van der Waals surface area contributed by atoms with E-state index in [2.05, 4.69) is 24.3 Å². The van der Waals surface area contributed by atoms with Crippen LogP contribution in [0.1, 0.15) is 0 Å². The number of aromatic nitrogens is 2. The van der Waals surface area contributed by atoms with Crippen molar-refractivity contribution in [3.05, 3.63) is 96.0 Å². The van der Waals surface area contributed by atoms with Gasteiger partial charge in [-0.05, 0) is 23.6 Å². The summed E-state index contributed by atoms with van der Waals surface area (Å²) in [5.74, 6) is 0. The minimum Gasteiger partial charge on any atom is -0.244 e. The van der Waals surface area contributed by atoms with Gasteiger partial charge in [0.1, 0.15) is 0 Å². The van der Waals surface area contributed by atoms with Gasteiger partial charge < -0.3 is 0 Å². The molecule has 0 N–H and O–H groups in total. The zero-order valence-electron chi connectivity index (χ0n) is 14.4. The summed E-state index contributed by atoms with van der Waals surface area (Å²) in [7, 11) is 0. The van der Waals surface area contributed by atoms with Crippen LogP contribution < -0.4 is 0 Å². The van der Waals surface area contributed by atoms with E-state index >= 15 is 0 Å². The molecule has 4 aromatic carbocycles. The molecule has 0 saturated heterocycles. The molecule has 0 saturated carbocycles. The van der Waals surface area contributed by atoms with Gasteiger partial charge in [0.25, 0.3) is 0 Å². The molecule has 0 spiro atoms. The molecule has 0 unspecified atom stereocenters. The highest BCUT2D eigenvalue weighted by Gasteiger charge is 2.15. The lowest BCUT2D eigenvalue weighted by molar-refractivity contribution is 1.30. The number of hydrogen-bond acceptors (Lipinski definition) is 2. The van der Waals surface area contributed by atoms with Crippen LogP contribution >= 0.6 is 11.6 Å². The predicted octanol–water partition coefficient (Wildman–Crippen LogP) is 6.77. The van der Waals surface area contributed by atoms with Crippen LogP contribution in [-0.4, -0.2) is 9.97 Å². The van der Waals surface area contributed by atoms with Gasteiger partial charge in [0, 0.05) is 21.5 Å². The SMILES string of the molecule is Clc1cccc2c(-c3nc4ccccc4nc3-c3ccccc3)cccc12. The molecule has 0 aliphatic carbocycles. The third-order valence-electron chi connectivity index (χ3n) is 4.74. The van der Waals surface area contributed by atoms with Gasteiger partial charge in [0.05, 0.1) is 22.4 Å². The highest BCUT2D eigenvalue weighted by Crippen LogP contribution is 2.36. The molecule has 0 bridgehead atoms. The lowest BCUT2D eigenvalue weighted by atomic mass is 9.98. The van der Waals surface area contributed by atoms with Crippen LogP contribution in [0.4, 0.5) is 0 Å². The normalized spacial score (nSPS) is 11.1. The Morgan fingerprint density at radius 2 is 1.15 bits per heavy atom. The first kappa shape index (κ1) is 16.0. The fourth-order valence-electron chi connectivity index (χ4n) is 3.46. The summed E-state index contributed by atoms with van der Waals surface area (Å²) in [6.07, 6.45) is 0. The van der Waals surface area contributed by atoms with Gasteiger partial charge in [-0.1, -0.05) is 84.4 Å². The Balaban J connectivity index is 1.89. The monoisotopic (exact) mass is 366 g/mol. The van der Waals surface area contributed by atoms with Crippen molar-refractivity contribution in [3.8, 4) is 22.5 Å². The van der Waals surface area contributed by atoms with Crippen LogP contribution in [0.25, 0.3) is 44.3 Å². The third-order valence-corrected chi connectivity index (χ3v) is 5.07. The van der Waals surface area contributed by atoms with E-state index in [4.69, 9.17) is 21.6 Å². The van der Waals surface area contributed by atoms with Crippen molar-refractivity contribution in [1.29, 1.82) is 0 Å². The Labute approximate surface area is 162 Å². The van der Waals surface area contributed by atoms with Crippen LogP contribution in [0.5, 0.6) is 0 Å². The first-order valence-corrected chi connectivity index (χ1v) is 9.19. The second kappa shape index (κ2) is 6.49. The van der Waals surface area contributed by atoms with Crippen LogP contribution in [0, 0.1) is 0 Å². The minimum absolute atomic E-state index is 0.740. The van der Waals surface area contributed by atoms with Crippen LogP contribution in [0.15, 0.2) is 91.0 Å². The molecule has 2 nitrogen and oxygen atoms in total. The summed E-state index contributed by atoms with van der Waals surface area (Å²) < 4.78 is 0. The van der Waals surface area contributed by atoms with Crippen LogP contribution in [0.3, 0.4) is 0 Å². The quantitative estimate of drug-likeness (QED) is 0.344. The second-order valence-corrected chi connectivity index (χ2v) is 6.82. The zero-order valence-corrected chi connectivity index (χ0v) is 15.2. The molecule has 5 rings (SSSR count). The van der Waals surface area contributed by atoms with Crippen molar-refractivity contribution in [2.24, 2.45) is 0 Å². The lowest BCUT2D eigenvalue weighted by Crippen LogP contribution is -1.96. The summed E-state index contributed by atoms with van der Waals surface area (Å²) in [6, 6.07) is 30.3. The van der Waals surface area contributed by atoms with E-state index in [-0.39, 0.29) is 0 Å². The molecule has 0 aliphatic rings. The lowest BCUT2D eigenvalue weighted by Gasteiger charge is -2.13. The second-order valence-electron chi connectivity index (χ2n) is 6.42. The smallest absolute Gasteiger partial charge is 0.0979 e. The maximum Gasteiger partial charge on any atom is 0.0979 e. The molecular weight excluding hydrogens is 352 g/mol. The Morgan fingerprint density at radius 1 is 0.519 bits per heavy atom. The Hall–Kier alpha value is -3.23. The molecule has 27 heavy (non-hydrogen) atoms. The van der Waals surface area contributed by atoms with Gasteiger partial charge in [-0.3, -0.25) is 0 Å². The minimum atomic E-state index is 0.740. The van der Waals surface area contributed by atoms with Gasteiger partial charge in [-0.25, -0.2) is 9.97 Å². The van der Waals surface area contributed by atoms with Crippen molar-refractivity contribution in [2.75, 3.05) is 0 Å². The van der Waals surface area contributed by atoms with Crippen LogP contribution in [-0.2, 0) is 0 Å². The number of halogens is 1. The Kier molecular flexibility index (Phi) is 3.84. The first-order chi connectivity index (χ1) is 13.3. The Morgan fingerprint density at radius 3 is 1.93 bits per heavy atom. The van der Waals surface area contributed by atoms with E-state index in [1.54, 1.807) is 0 Å². The maximum absolute atomic E-state index is 6.43. The number of benzene rings is 4. The number of fused-ring (bicyclic) bond motifs is 2. The number of nitrogens with zero attached hydrogens (tertiary/aromatic N) is 2. The van der Waals surface area contributed by atoms with Gasteiger partial charge in [0.15, 0.2) is 0 Å². The van der Waals surface area contributed by atoms with Crippen molar-refractivity contribution in [1.82, 2.24) is 9.97 Å². The Bertz CT molecular complexity index is 1280. The molecule has 0 amide bonds.